The van der Waals surface area contributed by atoms with Crippen LogP contribution in [-0.2, 0) is 11.0 Å². The molecule has 6 heteroatoms. The molecule has 0 aromatic heterocycles. The zero-order valence-electron chi connectivity index (χ0n) is 10.8. The second kappa shape index (κ2) is 5.83. The lowest BCUT2D eigenvalue weighted by Crippen LogP contribution is -2.32. The van der Waals surface area contributed by atoms with Crippen molar-refractivity contribution in [2.45, 2.75) is 31.5 Å². The molecule has 0 aliphatic carbocycles. The van der Waals surface area contributed by atoms with Crippen molar-refractivity contribution in [2.75, 3.05) is 6.54 Å². The lowest BCUT2D eigenvalue weighted by atomic mass is 9.86. The molecule has 1 aliphatic heterocycles. The number of piperidine rings is 1. The Morgan fingerprint density at radius 1 is 1.30 bits per heavy atom. The smallest absolute Gasteiger partial charge is 0.416 e. The van der Waals surface area contributed by atoms with Gasteiger partial charge in [0.05, 0.1) is 5.56 Å². The molecule has 20 heavy (non-hydrogen) atoms. The normalized spacial score (nSPS) is 23.6. The highest BCUT2D eigenvalue weighted by Gasteiger charge is 2.31. The van der Waals surface area contributed by atoms with Crippen LogP contribution in [0.5, 0.6) is 0 Å². The van der Waals surface area contributed by atoms with Gasteiger partial charge in [0.2, 0.25) is 0 Å². The summed E-state index contributed by atoms with van der Waals surface area (Å²) in [6.07, 6.45) is -2.80. The monoisotopic (exact) mass is 287 g/mol. The predicted molar refractivity (Wildman–Crippen MR) is 67.2 cm³/mol. The molecule has 1 unspecified atom stereocenters. The van der Waals surface area contributed by atoms with Crippen LogP contribution in [0.25, 0.3) is 0 Å². The van der Waals surface area contributed by atoms with Crippen molar-refractivity contribution < 1.29 is 23.1 Å². The molecule has 2 rings (SSSR count). The summed E-state index contributed by atoms with van der Waals surface area (Å²) < 4.78 is 37.5. The van der Waals surface area contributed by atoms with E-state index < -0.39 is 17.7 Å². The van der Waals surface area contributed by atoms with E-state index in [2.05, 4.69) is 5.32 Å². The molecule has 1 aromatic carbocycles. The van der Waals surface area contributed by atoms with Crippen LogP contribution in [0.3, 0.4) is 0 Å². The largest absolute Gasteiger partial charge is 0.481 e. The Bertz CT molecular complexity index is 470. The maximum Gasteiger partial charge on any atom is 0.416 e. The quantitative estimate of drug-likeness (QED) is 0.897. The number of carboxylic acids is 1. The third-order valence-corrected chi connectivity index (χ3v) is 3.62. The Morgan fingerprint density at radius 2 is 1.95 bits per heavy atom. The average Bonchev–Trinajstić information content (AvgIpc) is 2.37. The summed E-state index contributed by atoms with van der Waals surface area (Å²) >= 11 is 0. The second-order valence-corrected chi connectivity index (χ2v) is 5.11. The highest BCUT2D eigenvalue weighted by atomic mass is 19.4. The van der Waals surface area contributed by atoms with Gasteiger partial charge in [-0.1, -0.05) is 12.1 Å². The lowest BCUT2D eigenvalue weighted by Gasteiger charge is -2.30. The van der Waals surface area contributed by atoms with Crippen molar-refractivity contribution in [1.29, 1.82) is 0 Å². The van der Waals surface area contributed by atoms with Crippen molar-refractivity contribution in [3.05, 3.63) is 35.4 Å². The van der Waals surface area contributed by atoms with Crippen LogP contribution >= 0.6 is 0 Å². The molecule has 2 N–H and O–H groups in total. The highest BCUT2D eigenvalue weighted by molar-refractivity contribution is 5.67. The van der Waals surface area contributed by atoms with E-state index in [-0.39, 0.29) is 18.4 Å². The standard InChI is InChI=1S/C14H16F3NO2/c15-14(16,17)11-3-1-10(2-4-11)12-7-9(5-6-18-12)8-13(19)20/h1-4,9,12,18H,5-8H2,(H,19,20)/t9?,12-/m1/s1. The number of aliphatic carboxylic acids is 1. The van der Waals surface area contributed by atoms with Crippen LogP contribution in [0.2, 0.25) is 0 Å². The minimum atomic E-state index is -4.33. The molecule has 1 fully saturated rings. The number of benzene rings is 1. The van der Waals surface area contributed by atoms with Crippen molar-refractivity contribution in [1.82, 2.24) is 5.32 Å². The Balaban J connectivity index is 2.05. The molecule has 1 heterocycles. The number of hydrogen-bond donors (Lipinski definition) is 2. The Hall–Kier alpha value is -1.56. The summed E-state index contributed by atoms with van der Waals surface area (Å²) in [5.41, 5.74) is 0.104. The Morgan fingerprint density at radius 3 is 2.50 bits per heavy atom. The fourth-order valence-electron chi connectivity index (χ4n) is 2.59. The maximum absolute atomic E-state index is 12.5. The van der Waals surface area contributed by atoms with E-state index in [1.165, 1.54) is 12.1 Å². The van der Waals surface area contributed by atoms with Crippen LogP contribution in [0.1, 0.15) is 36.4 Å². The summed E-state index contributed by atoms with van der Waals surface area (Å²) in [7, 11) is 0. The molecule has 0 saturated carbocycles. The molecular weight excluding hydrogens is 271 g/mol. The Labute approximate surface area is 114 Å². The van der Waals surface area contributed by atoms with E-state index in [4.69, 9.17) is 5.11 Å². The molecule has 0 bridgehead atoms. The van der Waals surface area contributed by atoms with Gasteiger partial charge in [0.25, 0.3) is 0 Å². The van der Waals surface area contributed by atoms with E-state index in [0.29, 0.717) is 13.0 Å². The number of hydrogen-bond acceptors (Lipinski definition) is 2. The van der Waals surface area contributed by atoms with Crippen LogP contribution in [0.15, 0.2) is 24.3 Å². The number of nitrogens with one attached hydrogen (secondary N) is 1. The van der Waals surface area contributed by atoms with Gasteiger partial charge in [-0.3, -0.25) is 4.79 Å². The minimum absolute atomic E-state index is 0.0704. The number of rotatable bonds is 3. The van der Waals surface area contributed by atoms with Crippen LogP contribution in [0.4, 0.5) is 13.2 Å². The molecule has 1 aliphatic rings. The van der Waals surface area contributed by atoms with E-state index >= 15 is 0 Å². The fraction of sp³-hybridized carbons (Fsp3) is 0.500. The topological polar surface area (TPSA) is 49.3 Å². The SMILES string of the molecule is O=C(O)CC1CCN[C@@H](c2ccc(C(F)(F)F)cc2)C1. The molecule has 1 saturated heterocycles. The maximum atomic E-state index is 12.5. The van der Waals surface area contributed by atoms with Crippen molar-refractivity contribution >= 4 is 5.97 Å². The summed E-state index contributed by atoms with van der Waals surface area (Å²) in [5, 5.41) is 12.0. The van der Waals surface area contributed by atoms with E-state index in [0.717, 1.165) is 24.1 Å². The fourth-order valence-corrected chi connectivity index (χ4v) is 2.59. The molecule has 110 valence electrons. The molecule has 0 amide bonds. The summed E-state index contributed by atoms with van der Waals surface area (Å²) in [5.74, 6) is -0.760. The van der Waals surface area contributed by atoms with Crippen LogP contribution in [0, 0.1) is 5.92 Å². The lowest BCUT2D eigenvalue weighted by molar-refractivity contribution is -0.139. The number of carboxylic acid groups (broad SMARTS) is 1. The van der Waals surface area contributed by atoms with Gasteiger partial charge in [0.1, 0.15) is 0 Å². The second-order valence-electron chi connectivity index (χ2n) is 5.11. The average molecular weight is 287 g/mol. The first kappa shape index (κ1) is 14.8. The molecule has 0 radical (unpaired) electrons. The highest BCUT2D eigenvalue weighted by Crippen LogP contribution is 2.32. The van der Waals surface area contributed by atoms with E-state index in [1.807, 2.05) is 0 Å². The van der Waals surface area contributed by atoms with Crippen molar-refractivity contribution in [3.8, 4) is 0 Å². The molecular formula is C14H16F3NO2. The summed E-state index contributed by atoms with van der Waals surface area (Å²) in [6.45, 7) is 0.684. The van der Waals surface area contributed by atoms with E-state index in [9.17, 15) is 18.0 Å². The molecule has 3 nitrogen and oxygen atoms in total. The van der Waals surface area contributed by atoms with Crippen molar-refractivity contribution in [3.63, 3.8) is 0 Å². The van der Waals surface area contributed by atoms with Gasteiger partial charge < -0.3 is 10.4 Å². The van der Waals surface area contributed by atoms with Crippen LogP contribution in [-0.4, -0.2) is 17.6 Å². The Kier molecular flexibility index (Phi) is 4.32. The number of alkyl halides is 3. The van der Waals surface area contributed by atoms with Crippen molar-refractivity contribution in [2.24, 2.45) is 5.92 Å². The van der Waals surface area contributed by atoms with Crippen LogP contribution < -0.4 is 5.32 Å². The molecule has 0 spiro atoms. The first-order valence-electron chi connectivity index (χ1n) is 6.48. The number of halogens is 3. The van der Waals surface area contributed by atoms with Gasteiger partial charge in [0, 0.05) is 12.5 Å². The summed E-state index contributed by atoms with van der Waals surface area (Å²) in [4.78, 5) is 10.7. The van der Waals surface area contributed by atoms with Gasteiger partial charge in [0.15, 0.2) is 0 Å². The summed E-state index contributed by atoms with van der Waals surface area (Å²) in [6, 6.07) is 4.98. The predicted octanol–water partition coefficient (Wildman–Crippen LogP) is 3.22. The van der Waals surface area contributed by atoms with Gasteiger partial charge in [-0.15, -0.1) is 0 Å². The number of carbonyl (C=O) groups is 1. The van der Waals surface area contributed by atoms with E-state index in [1.54, 1.807) is 0 Å². The zero-order valence-corrected chi connectivity index (χ0v) is 10.8. The van der Waals surface area contributed by atoms with Gasteiger partial charge in [-0.2, -0.15) is 13.2 Å². The third kappa shape index (κ3) is 3.72. The third-order valence-electron chi connectivity index (χ3n) is 3.62. The minimum Gasteiger partial charge on any atom is -0.481 e. The zero-order chi connectivity index (χ0) is 14.8. The molecule has 2 atom stereocenters. The van der Waals surface area contributed by atoms with Gasteiger partial charge in [-0.05, 0) is 43.0 Å². The first-order valence-corrected chi connectivity index (χ1v) is 6.48. The van der Waals surface area contributed by atoms with Gasteiger partial charge in [-0.25, -0.2) is 0 Å². The van der Waals surface area contributed by atoms with Gasteiger partial charge >= 0.3 is 12.1 Å². The first-order chi connectivity index (χ1) is 9.36. The molecule has 1 aromatic rings.